The van der Waals surface area contributed by atoms with Crippen molar-refractivity contribution in [3.8, 4) is 5.69 Å². The van der Waals surface area contributed by atoms with Crippen molar-refractivity contribution in [2.75, 3.05) is 6.61 Å². The molecular weight excluding hydrogens is 428 g/mol. The molecule has 0 saturated carbocycles. The molecule has 0 atom stereocenters. The fourth-order valence-electron chi connectivity index (χ4n) is 4.00. The van der Waals surface area contributed by atoms with Gasteiger partial charge in [0, 0.05) is 10.6 Å². The maximum absolute atomic E-state index is 13.6. The fourth-order valence-corrected chi connectivity index (χ4v) is 4.32. The lowest BCUT2D eigenvalue weighted by Gasteiger charge is -2.17. The molecule has 32 heavy (non-hydrogen) atoms. The summed E-state index contributed by atoms with van der Waals surface area (Å²) < 4.78 is 2.75. The Morgan fingerprint density at radius 3 is 2.22 bits per heavy atom. The second-order valence-electron chi connectivity index (χ2n) is 7.69. The van der Waals surface area contributed by atoms with Crippen LogP contribution >= 0.6 is 11.6 Å². The van der Waals surface area contributed by atoms with Crippen LogP contribution in [0, 0.1) is 13.8 Å². The number of para-hydroxylation sites is 1. The summed E-state index contributed by atoms with van der Waals surface area (Å²) in [4.78, 5) is 38.7. The molecule has 3 aromatic carbocycles. The Morgan fingerprint density at radius 1 is 0.969 bits per heavy atom. The molecule has 4 aromatic rings. The maximum Gasteiger partial charge on any atom is 0.336 e. The molecule has 0 radical (unpaired) electrons. The van der Waals surface area contributed by atoms with E-state index in [2.05, 4.69) is 0 Å². The summed E-state index contributed by atoms with van der Waals surface area (Å²) in [7, 11) is 0. The number of fused-ring (bicyclic) bond motifs is 1. The molecule has 162 valence electrons. The van der Waals surface area contributed by atoms with Crippen molar-refractivity contribution >= 4 is 28.3 Å². The Labute approximate surface area is 188 Å². The number of rotatable bonds is 5. The molecule has 0 fully saturated rings. The largest absolute Gasteiger partial charge is 0.388 e. The number of nitrogens with zero attached hydrogens (tertiary/aromatic N) is 2. The van der Waals surface area contributed by atoms with Crippen LogP contribution in [-0.4, -0.2) is 26.6 Å². The monoisotopic (exact) mass is 448 g/mol. The number of aromatic nitrogens is 2. The maximum atomic E-state index is 13.6. The van der Waals surface area contributed by atoms with Gasteiger partial charge in [0.15, 0.2) is 5.78 Å². The lowest BCUT2D eigenvalue weighted by molar-refractivity contribution is 0.0903. The average molecular weight is 449 g/mol. The van der Waals surface area contributed by atoms with Crippen molar-refractivity contribution < 1.29 is 9.90 Å². The molecule has 1 aromatic heterocycles. The average Bonchev–Trinajstić information content (AvgIpc) is 2.78. The number of Topliss-reactive ketones (excluding diaryl/α,β-unsaturated/α-hetero) is 1. The highest BCUT2D eigenvalue weighted by Gasteiger charge is 2.18. The van der Waals surface area contributed by atoms with Gasteiger partial charge in [-0.15, -0.1) is 0 Å². The number of halogens is 1. The van der Waals surface area contributed by atoms with E-state index < -0.39 is 12.3 Å². The fraction of sp³-hybridized carbons (Fsp3) is 0.160. The summed E-state index contributed by atoms with van der Waals surface area (Å²) in [6.07, 6.45) is 0. The molecular formula is C25H21ClN2O4. The Kier molecular flexibility index (Phi) is 5.82. The predicted molar refractivity (Wildman–Crippen MR) is 125 cm³/mol. The topological polar surface area (TPSA) is 81.3 Å². The van der Waals surface area contributed by atoms with Gasteiger partial charge in [0.25, 0.3) is 5.56 Å². The molecule has 0 aliphatic heterocycles. The lowest BCUT2D eigenvalue weighted by atomic mass is 10.1. The van der Waals surface area contributed by atoms with Crippen LogP contribution < -0.4 is 11.2 Å². The van der Waals surface area contributed by atoms with Gasteiger partial charge >= 0.3 is 5.69 Å². The molecule has 0 unspecified atom stereocenters. The zero-order valence-electron chi connectivity index (χ0n) is 17.6. The first-order chi connectivity index (χ1) is 15.3. The number of aryl methyl sites for hydroxylation is 2. The van der Waals surface area contributed by atoms with Gasteiger partial charge in [0.1, 0.15) is 6.61 Å². The van der Waals surface area contributed by atoms with Gasteiger partial charge in [-0.2, -0.15) is 0 Å². The van der Waals surface area contributed by atoms with Gasteiger partial charge in [0.2, 0.25) is 0 Å². The molecule has 6 nitrogen and oxygen atoms in total. The van der Waals surface area contributed by atoms with Crippen LogP contribution in [0.2, 0.25) is 5.02 Å². The van der Waals surface area contributed by atoms with Crippen molar-refractivity contribution in [3.63, 3.8) is 0 Å². The molecule has 1 heterocycles. The number of hydrogen-bond donors (Lipinski definition) is 1. The van der Waals surface area contributed by atoms with Crippen LogP contribution in [0.3, 0.4) is 0 Å². The lowest BCUT2D eigenvalue weighted by Crippen LogP contribution is -2.40. The van der Waals surface area contributed by atoms with Gasteiger partial charge in [-0.05, 0) is 54.8 Å². The molecule has 7 heteroatoms. The van der Waals surface area contributed by atoms with Crippen LogP contribution in [0.5, 0.6) is 0 Å². The van der Waals surface area contributed by atoms with E-state index in [1.54, 1.807) is 65.2 Å². The molecule has 0 aliphatic carbocycles. The van der Waals surface area contributed by atoms with Crippen LogP contribution in [0.1, 0.15) is 27.0 Å². The van der Waals surface area contributed by atoms with Crippen LogP contribution in [0.15, 0.2) is 70.3 Å². The van der Waals surface area contributed by atoms with Crippen LogP contribution in [0.4, 0.5) is 0 Å². The smallest absolute Gasteiger partial charge is 0.336 e. The Bertz CT molecular complexity index is 1440. The molecule has 4 rings (SSSR count). The summed E-state index contributed by atoms with van der Waals surface area (Å²) >= 11 is 6.16. The minimum atomic E-state index is -0.561. The van der Waals surface area contributed by atoms with E-state index in [-0.39, 0.29) is 17.9 Å². The second kappa shape index (κ2) is 8.57. The van der Waals surface area contributed by atoms with Crippen molar-refractivity contribution in [3.05, 3.63) is 109 Å². The van der Waals surface area contributed by atoms with E-state index >= 15 is 0 Å². The minimum absolute atomic E-state index is 0.207. The zero-order chi connectivity index (χ0) is 23.0. The van der Waals surface area contributed by atoms with Gasteiger partial charge in [-0.3, -0.25) is 14.2 Å². The van der Waals surface area contributed by atoms with Crippen molar-refractivity contribution in [1.29, 1.82) is 0 Å². The quantitative estimate of drug-likeness (QED) is 0.472. The van der Waals surface area contributed by atoms with Crippen LogP contribution in [-0.2, 0) is 6.54 Å². The molecule has 0 saturated heterocycles. The number of hydrogen-bond acceptors (Lipinski definition) is 4. The third kappa shape index (κ3) is 3.79. The van der Waals surface area contributed by atoms with Gasteiger partial charge in [-0.25, -0.2) is 9.36 Å². The summed E-state index contributed by atoms with van der Waals surface area (Å²) in [5.41, 5.74) is 2.82. The van der Waals surface area contributed by atoms with E-state index in [9.17, 15) is 14.4 Å². The van der Waals surface area contributed by atoms with E-state index in [0.717, 1.165) is 16.7 Å². The normalized spacial score (nSPS) is 11.1. The van der Waals surface area contributed by atoms with E-state index in [4.69, 9.17) is 16.7 Å². The van der Waals surface area contributed by atoms with Crippen molar-refractivity contribution in [1.82, 2.24) is 9.13 Å². The Morgan fingerprint density at radius 2 is 1.59 bits per heavy atom. The van der Waals surface area contributed by atoms with Gasteiger partial charge < -0.3 is 5.11 Å². The number of ketones is 1. The van der Waals surface area contributed by atoms with Crippen molar-refractivity contribution in [2.45, 2.75) is 20.4 Å². The summed E-state index contributed by atoms with van der Waals surface area (Å²) in [5.74, 6) is -0.374. The third-order valence-corrected chi connectivity index (χ3v) is 5.71. The number of carbonyl (C=O) groups excluding carboxylic acids is 1. The Balaban J connectivity index is 1.95. The molecule has 0 spiro atoms. The van der Waals surface area contributed by atoms with Crippen molar-refractivity contribution in [2.24, 2.45) is 0 Å². The molecule has 0 aliphatic rings. The van der Waals surface area contributed by atoms with Crippen LogP contribution in [0.25, 0.3) is 16.6 Å². The van der Waals surface area contributed by atoms with E-state index in [0.29, 0.717) is 27.2 Å². The minimum Gasteiger partial charge on any atom is -0.388 e. The second-order valence-corrected chi connectivity index (χ2v) is 8.13. The number of carbonyl (C=O) groups is 1. The summed E-state index contributed by atoms with van der Waals surface area (Å²) in [6.45, 7) is 3.28. The number of benzene rings is 3. The highest BCUT2D eigenvalue weighted by Crippen LogP contribution is 2.23. The predicted octanol–water partition coefficient (Wildman–Crippen LogP) is 3.65. The molecule has 0 bridgehead atoms. The number of aliphatic hydroxyl groups is 1. The summed E-state index contributed by atoms with van der Waals surface area (Å²) in [6, 6.07) is 17.1. The standard InChI is InChI=1S/C25H21ClN2O4/c1-15-11-19(26)12-16(2)23(15)28-24(31)20-5-3-4-6-21(20)27(25(28)32)13-17-7-9-18(10-8-17)22(30)14-29/h3-12,29H,13-14H2,1-2H3. The highest BCUT2D eigenvalue weighted by molar-refractivity contribution is 6.30. The first-order valence-corrected chi connectivity index (χ1v) is 10.4. The number of aliphatic hydroxyl groups excluding tert-OH is 1. The summed E-state index contributed by atoms with van der Waals surface area (Å²) in [5, 5.41) is 10.00. The zero-order valence-corrected chi connectivity index (χ0v) is 18.4. The van der Waals surface area contributed by atoms with Gasteiger partial charge in [0.05, 0.1) is 23.1 Å². The first kappa shape index (κ1) is 21.7. The van der Waals surface area contributed by atoms with E-state index in [1.165, 1.54) is 4.57 Å². The SMILES string of the molecule is Cc1cc(Cl)cc(C)c1-n1c(=O)c2ccccc2n(Cc2ccc(C(=O)CO)cc2)c1=O. The molecule has 0 amide bonds. The third-order valence-electron chi connectivity index (χ3n) is 5.49. The van der Waals surface area contributed by atoms with E-state index in [1.807, 2.05) is 13.8 Å². The molecule has 1 N–H and O–H groups in total. The Hall–Kier alpha value is -3.48. The first-order valence-electron chi connectivity index (χ1n) is 10.1. The highest BCUT2D eigenvalue weighted by atomic mass is 35.5. The van der Waals surface area contributed by atoms with Gasteiger partial charge in [-0.1, -0.05) is 48.0 Å².